The molecule has 0 spiro atoms. The van der Waals surface area contributed by atoms with Gasteiger partial charge in [-0.25, -0.2) is 0 Å². The largest absolute Gasteiger partial charge is 0.368 e. The van der Waals surface area contributed by atoms with Crippen molar-refractivity contribution in [2.45, 2.75) is 0 Å². The van der Waals surface area contributed by atoms with E-state index in [0.29, 0.717) is 0 Å². The Balaban J connectivity index is 0.00000169. The summed E-state index contributed by atoms with van der Waals surface area (Å²) in [5.74, 6) is 0. The molecule has 0 radical (unpaired) electrons. The molecule has 10 heteroatoms. The van der Waals surface area contributed by atoms with E-state index in [1.807, 2.05) is 0 Å². The fraction of sp³-hybridized carbons (Fsp3) is 0.250. The topological polar surface area (TPSA) is 92.8 Å². The van der Waals surface area contributed by atoms with Gasteiger partial charge in [-0.15, -0.1) is 24.8 Å². The monoisotopic (exact) mass is 400 g/mol. The Morgan fingerprint density at radius 1 is 0.615 bits per heavy atom. The van der Waals surface area contributed by atoms with Gasteiger partial charge in [-0.1, -0.05) is 0 Å². The molecule has 0 aliphatic carbocycles. The Kier molecular flexibility index (Phi) is 7.60. The van der Waals surface area contributed by atoms with Crippen LogP contribution in [0.25, 0.3) is 0 Å². The van der Waals surface area contributed by atoms with Gasteiger partial charge >= 0.3 is 0 Å². The summed E-state index contributed by atoms with van der Waals surface area (Å²) in [5, 5.41) is 21.4. The van der Waals surface area contributed by atoms with E-state index < -0.39 is 9.85 Å². The van der Waals surface area contributed by atoms with Gasteiger partial charge in [-0.2, -0.15) is 0 Å². The molecule has 1 saturated heterocycles. The maximum absolute atomic E-state index is 10.7. The van der Waals surface area contributed by atoms with Crippen molar-refractivity contribution in [2.75, 3.05) is 36.0 Å². The summed E-state index contributed by atoms with van der Waals surface area (Å²) in [5.41, 5.74) is 2.10. The zero-order valence-corrected chi connectivity index (χ0v) is 15.3. The number of anilines is 2. The smallest absolute Gasteiger partial charge is 0.269 e. The van der Waals surface area contributed by atoms with E-state index in [4.69, 9.17) is 0 Å². The van der Waals surface area contributed by atoms with Crippen LogP contribution in [0, 0.1) is 20.2 Å². The average molecular weight is 401 g/mol. The van der Waals surface area contributed by atoms with E-state index in [1.54, 1.807) is 24.3 Å². The minimum Gasteiger partial charge on any atom is -0.368 e. The predicted octanol–water partition coefficient (Wildman–Crippen LogP) is 3.67. The second kappa shape index (κ2) is 9.21. The number of rotatable bonds is 4. The quantitative estimate of drug-likeness (QED) is 0.573. The molecule has 2 aromatic rings. The molecule has 3 rings (SSSR count). The molecule has 26 heavy (non-hydrogen) atoms. The third kappa shape index (κ3) is 4.74. The number of nitro benzene ring substituents is 2. The van der Waals surface area contributed by atoms with Crippen LogP contribution in [0.2, 0.25) is 0 Å². The Morgan fingerprint density at radius 2 is 0.885 bits per heavy atom. The van der Waals surface area contributed by atoms with Crippen LogP contribution >= 0.6 is 24.8 Å². The normalized spacial score (nSPS) is 13.4. The summed E-state index contributed by atoms with van der Waals surface area (Å²) in [6, 6.07) is 13.1. The SMILES string of the molecule is Cl.Cl.O=[N+]([O-])c1ccc(N2CCN(c3ccc([N+](=O)[O-])cc3)CC2)cc1. The molecule has 1 heterocycles. The number of nitrogens with zero attached hydrogens (tertiary/aromatic N) is 4. The van der Waals surface area contributed by atoms with Crippen LogP contribution in [-0.2, 0) is 0 Å². The number of benzene rings is 2. The van der Waals surface area contributed by atoms with Crippen LogP contribution in [0.1, 0.15) is 0 Å². The van der Waals surface area contributed by atoms with Crippen LogP contribution < -0.4 is 9.80 Å². The molecule has 0 N–H and O–H groups in total. The Labute approximate surface area is 162 Å². The van der Waals surface area contributed by atoms with Crippen molar-refractivity contribution >= 4 is 47.6 Å². The van der Waals surface area contributed by atoms with Crippen molar-refractivity contribution in [3.05, 3.63) is 68.8 Å². The molecule has 2 aromatic carbocycles. The van der Waals surface area contributed by atoms with Crippen LogP contribution in [0.5, 0.6) is 0 Å². The van der Waals surface area contributed by atoms with Crippen molar-refractivity contribution in [3.63, 3.8) is 0 Å². The highest BCUT2D eigenvalue weighted by Crippen LogP contribution is 2.24. The molecule has 140 valence electrons. The summed E-state index contributed by atoms with van der Waals surface area (Å²) < 4.78 is 0. The van der Waals surface area contributed by atoms with Gasteiger partial charge in [0, 0.05) is 61.8 Å². The minimum absolute atomic E-state index is 0. The fourth-order valence-electron chi connectivity index (χ4n) is 2.79. The van der Waals surface area contributed by atoms with Gasteiger partial charge < -0.3 is 9.80 Å². The second-order valence-corrected chi connectivity index (χ2v) is 5.52. The lowest BCUT2D eigenvalue weighted by atomic mass is 10.2. The highest BCUT2D eigenvalue weighted by molar-refractivity contribution is 5.85. The van der Waals surface area contributed by atoms with E-state index in [9.17, 15) is 20.2 Å². The molecule has 0 aromatic heterocycles. The number of hydrogen-bond acceptors (Lipinski definition) is 6. The number of nitro groups is 2. The Morgan fingerprint density at radius 3 is 1.12 bits per heavy atom. The first-order valence-corrected chi connectivity index (χ1v) is 7.53. The third-order valence-corrected chi connectivity index (χ3v) is 4.13. The number of hydrogen-bond donors (Lipinski definition) is 0. The summed E-state index contributed by atoms with van der Waals surface area (Å²) in [7, 11) is 0. The highest BCUT2D eigenvalue weighted by atomic mass is 35.5. The third-order valence-electron chi connectivity index (χ3n) is 4.13. The zero-order valence-electron chi connectivity index (χ0n) is 13.7. The maximum Gasteiger partial charge on any atom is 0.269 e. The molecular formula is C16H18Cl2N4O4. The number of halogens is 2. The highest BCUT2D eigenvalue weighted by Gasteiger charge is 2.18. The van der Waals surface area contributed by atoms with Gasteiger partial charge in [0.1, 0.15) is 0 Å². The van der Waals surface area contributed by atoms with E-state index >= 15 is 0 Å². The molecule has 0 amide bonds. The van der Waals surface area contributed by atoms with Crippen LogP contribution in [0.15, 0.2) is 48.5 Å². The van der Waals surface area contributed by atoms with Crippen LogP contribution in [0.3, 0.4) is 0 Å². The van der Waals surface area contributed by atoms with Crippen molar-refractivity contribution in [2.24, 2.45) is 0 Å². The molecule has 1 fully saturated rings. The molecule has 1 aliphatic rings. The van der Waals surface area contributed by atoms with E-state index in [2.05, 4.69) is 9.80 Å². The molecule has 0 bridgehead atoms. The molecule has 0 saturated carbocycles. The average Bonchev–Trinajstić information content (AvgIpc) is 2.62. The lowest BCUT2D eigenvalue weighted by molar-refractivity contribution is -0.385. The second-order valence-electron chi connectivity index (χ2n) is 5.52. The lowest BCUT2D eigenvalue weighted by Crippen LogP contribution is -2.46. The summed E-state index contributed by atoms with van der Waals surface area (Å²) in [4.78, 5) is 24.9. The van der Waals surface area contributed by atoms with Crippen LogP contribution in [0.4, 0.5) is 22.7 Å². The first kappa shape index (κ1) is 21.5. The predicted molar refractivity (Wildman–Crippen MR) is 105 cm³/mol. The Hall–Kier alpha value is -2.58. The summed E-state index contributed by atoms with van der Waals surface area (Å²) in [6.45, 7) is 3.15. The first-order chi connectivity index (χ1) is 11.5. The van der Waals surface area contributed by atoms with Gasteiger partial charge in [-0.05, 0) is 24.3 Å². The maximum atomic E-state index is 10.7. The van der Waals surface area contributed by atoms with Gasteiger partial charge in [0.25, 0.3) is 11.4 Å². The van der Waals surface area contributed by atoms with E-state index in [0.717, 1.165) is 37.6 Å². The van der Waals surface area contributed by atoms with Gasteiger partial charge in [-0.3, -0.25) is 20.2 Å². The van der Waals surface area contributed by atoms with E-state index in [1.165, 1.54) is 24.3 Å². The molecule has 0 unspecified atom stereocenters. The van der Waals surface area contributed by atoms with Crippen molar-refractivity contribution in [1.29, 1.82) is 0 Å². The Bertz CT molecular complexity index is 682. The van der Waals surface area contributed by atoms with Gasteiger partial charge in [0.15, 0.2) is 0 Å². The van der Waals surface area contributed by atoms with Gasteiger partial charge in [0.05, 0.1) is 9.85 Å². The van der Waals surface area contributed by atoms with Gasteiger partial charge in [0.2, 0.25) is 0 Å². The minimum atomic E-state index is -0.406. The zero-order chi connectivity index (χ0) is 17.1. The molecular weight excluding hydrogens is 383 g/mol. The molecule has 8 nitrogen and oxygen atoms in total. The molecule has 0 atom stereocenters. The number of non-ortho nitro benzene ring substituents is 2. The summed E-state index contributed by atoms with van der Waals surface area (Å²) >= 11 is 0. The standard InChI is InChI=1S/C16H16N4O4.2ClH/c21-19(22)15-5-1-13(2-6-15)17-9-11-18(12-10-17)14-3-7-16(8-4-14)20(23)24;;/h1-8H,9-12H2;2*1H. The summed E-state index contributed by atoms with van der Waals surface area (Å²) in [6.07, 6.45) is 0. The van der Waals surface area contributed by atoms with Crippen molar-refractivity contribution in [1.82, 2.24) is 0 Å². The van der Waals surface area contributed by atoms with Crippen LogP contribution in [-0.4, -0.2) is 36.0 Å². The van der Waals surface area contributed by atoms with Crippen molar-refractivity contribution < 1.29 is 9.85 Å². The molecule has 1 aliphatic heterocycles. The first-order valence-electron chi connectivity index (χ1n) is 7.53. The lowest BCUT2D eigenvalue weighted by Gasteiger charge is -2.37. The van der Waals surface area contributed by atoms with E-state index in [-0.39, 0.29) is 36.2 Å². The fourth-order valence-corrected chi connectivity index (χ4v) is 2.79. The van der Waals surface area contributed by atoms with Crippen molar-refractivity contribution in [3.8, 4) is 0 Å². The number of piperazine rings is 1.